The Kier molecular flexibility index (Phi) is 8.16. The van der Waals surface area contributed by atoms with E-state index < -0.39 is 0 Å². The Morgan fingerprint density at radius 1 is 1.30 bits per heavy atom. The van der Waals surface area contributed by atoms with Gasteiger partial charge < -0.3 is 16.0 Å². The number of hydrogen-bond donors (Lipinski definition) is 2. The summed E-state index contributed by atoms with van der Waals surface area (Å²) < 4.78 is 1.12. The summed E-state index contributed by atoms with van der Waals surface area (Å²) >= 11 is 3.14. The Bertz CT molecular complexity index is 753. The van der Waals surface area contributed by atoms with Crippen LogP contribution in [0.25, 0.3) is 0 Å². The molecule has 0 radical (unpaired) electrons. The van der Waals surface area contributed by atoms with Crippen molar-refractivity contribution >= 4 is 53.0 Å². The van der Waals surface area contributed by atoms with E-state index in [-0.39, 0.29) is 30.3 Å². The molecule has 2 unspecified atom stereocenters. The second kappa shape index (κ2) is 10.1. The standard InChI is InChI=1S/C19H23N3O2S2.ClH/c1-13-9-14(10-20)11-22(13)19(24)15-4-6-16(7-5-15)21-17(23)12-26-18-3-2-8-25-18;/h2-8,13-14H,9-12,20H2,1H3,(H,21,23);1H. The molecule has 1 aliphatic heterocycles. The van der Waals surface area contributed by atoms with Crippen molar-refractivity contribution in [2.75, 3.05) is 24.2 Å². The topological polar surface area (TPSA) is 75.4 Å². The normalized spacial score (nSPS) is 18.8. The van der Waals surface area contributed by atoms with Crippen molar-refractivity contribution in [3.05, 3.63) is 47.3 Å². The van der Waals surface area contributed by atoms with Crippen LogP contribution < -0.4 is 11.1 Å². The summed E-state index contributed by atoms with van der Waals surface area (Å²) in [5.74, 6) is 0.724. The number of thiophene rings is 1. The van der Waals surface area contributed by atoms with Crippen LogP contribution in [0.15, 0.2) is 46.0 Å². The molecule has 8 heteroatoms. The lowest BCUT2D eigenvalue weighted by Crippen LogP contribution is -2.34. The minimum Gasteiger partial charge on any atom is -0.336 e. The number of nitrogens with one attached hydrogen (secondary N) is 1. The van der Waals surface area contributed by atoms with Crippen molar-refractivity contribution in [1.82, 2.24) is 4.90 Å². The largest absolute Gasteiger partial charge is 0.336 e. The second-order valence-electron chi connectivity index (χ2n) is 6.49. The first-order chi connectivity index (χ1) is 12.6. The van der Waals surface area contributed by atoms with E-state index in [1.54, 1.807) is 35.6 Å². The zero-order chi connectivity index (χ0) is 18.5. The molecule has 27 heavy (non-hydrogen) atoms. The molecule has 5 nitrogen and oxygen atoms in total. The van der Waals surface area contributed by atoms with Crippen LogP contribution in [0.4, 0.5) is 5.69 Å². The number of halogens is 1. The van der Waals surface area contributed by atoms with E-state index >= 15 is 0 Å². The van der Waals surface area contributed by atoms with Crippen LogP contribution in [0.3, 0.4) is 0 Å². The van der Waals surface area contributed by atoms with Gasteiger partial charge in [-0.1, -0.05) is 6.07 Å². The van der Waals surface area contributed by atoms with Crippen LogP contribution in [-0.2, 0) is 4.79 Å². The molecule has 2 aromatic rings. The molecule has 3 N–H and O–H groups in total. The minimum atomic E-state index is -0.0542. The van der Waals surface area contributed by atoms with Gasteiger partial charge >= 0.3 is 0 Å². The predicted octanol–water partition coefficient (Wildman–Crippen LogP) is 3.71. The molecule has 3 rings (SSSR count). The molecule has 0 saturated carbocycles. The lowest BCUT2D eigenvalue weighted by atomic mass is 10.1. The third kappa shape index (κ3) is 5.72. The number of thioether (sulfide) groups is 1. The van der Waals surface area contributed by atoms with Crippen molar-refractivity contribution in [3.63, 3.8) is 0 Å². The average Bonchev–Trinajstić information content (AvgIpc) is 3.29. The summed E-state index contributed by atoms with van der Waals surface area (Å²) in [5, 5.41) is 4.86. The number of benzene rings is 1. The molecule has 0 spiro atoms. The van der Waals surface area contributed by atoms with Crippen molar-refractivity contribution in [2.24, 2.45) is 11.7 Å². The first kappa shape index (κ1) is 21.8. The Labute approximate surface area is 174 Å². The van der Waals surface area contributed by atoms with Crippen LogP contribution in [0, 0.1) is 5.92 Å². The molecule has 2 atom stereocenters. The fraction of sp³-hybridized carbons (Fsp3) is 0.368. The molecular weight excluding hydrogens is 402 g/mol. The Balaban J connectivity index is 0.00000261. The van der Waals surface area contributed by atoms with E-state index in [0.717, 1.165) is 17.2 Å². The summed E-state index contributed by atoms with van der Waals surface area (Å²) in [6, 6.07) is 11.3. The van der Waals surface area contributed by atoms with Crippen molar-refractivity contribution in [2.45, 2.75) is 23.6 Å². The third-order valence-electron chi connectivity index (χ3n) is 4.51. The van der Waals surface area contributed by atoms with Crippen molar-refractivity contribution in [3.8, 4) is 0 Å². The summed E-state index contributed by atoms with van der Waals surface area (Å²) in [7, 11) is 0. The predicted molar refractivity (Wildman–Crippen MR) is 115 cm³/mol. The van der Waals surface area contributed by atoms with Crippen LogP contribution in [-0.4, -0.2) is 41.6 Å². The Hall–Kier alpha value is -1.54. The van der Waals surface area contributed by atoms with Gasteiger partial charge in [-0.2, -0.15) is 0 Å². The summed E-state index contributed by atoms with van der Waals surface area (Å²) in [4.78, 5) is 26.6. The SMILES string of the molecule is CC1CC(CN)CN1C(=O)c1ccc(NC(=O)CSc2cccs2)cc1.Cl. The maximum absolute atomic E-state index is 12.7. The highest BCUT2D eigenvalue weighted by Crippen LogP contribution is 2.25. The van der Waals surface area contributed by atoms with Crippen molar-refractivity contribution in [1.29, 1.82) is 0 Å². The summed E-state index contributed by atoms with van der Waals surface area (Å²) in [6.45, 7) is 3.39. The molecule has 1 aromatic carbocycles. The highest BCUT2D eigenvalue weighted by atomic mass is 35.5. The molecule has 2 heterocycles. The van der Waals surface area contributed by atoms with Crippen LogP contribution in [0.1, 0.15) is 23.7 Å². The minimum absolute atomic E-state index is 0. The number of rotatable bonds is 6. The Morgan fingerprint density at radius 2 is 2.04 bits per heavy atom. The van der Waals surface area contributed by atoms with Gasteiger partial charge in [0.1, 0.15) is 0 Å². The highest BCUT2D eigenvalue weighted by molar-refractivity contribution is 8.01. The van der Waals surface area contributed by atoms with Crippen LogP contribution >= 0.6 is 35.5 Å². The number of nitrogens with two attached hydrogens (primary N) is 1. The summed E-state index contributed by atoms with van der Waals surface area (Å²) in [6.07, 6.45) is 0.957. The van der Waals surface area contributed by atoms with Crippen LogP contribution in [0.5, 0.6) is 0 Å². The van der Waals surface area contributed by atoms with Gasteiger partial charge in [0.2, 0.25) is 5.91 Å². The second-order valence-corrected chi connectivity index (χ2v) is 8.71. The first-order valence-electron chi connectivity index (χ1n) is 8.64. The third-order valence-corrected chi connectivity index (χ3v) is 6.64. The monoisotopic (exact) mass is 425 g/mol. The van der Waals surface area contributed by atoms with Gasteiger partial charge in [0.15, 0.2) is 0 Å². The maximum Gasteiger partial charge on any atom is 0.254 e. The highest BCUT2D eigenvalue weighted by Gasteiger charge is 2.31. The van der Waals surface area contributed by atoms with E-state index in [1.807, 2.05) is 22.4 Å². The van der Waals surface area contributed by atoms with Gasteiger partial charge in [-0.05, 0) is 61.5 Å². The zero-order valence-electron chi connectivity index (χ0n) is 15.1. The molecule has 1 saturated heterocycles. The van der Waals surface area contributed by atoms with Gasteiger partial charge in [-0.25, -0.2) is 0 Å². The molecular formula is C19H24ClN3O2S2. The number of carbonyl (C=O) groups is 2. The number of anilines is 1. The molecule has 0 bridgehead atoms. The van der Waals surface area contributed by atoms with Gasteiger partial charge in [0.05, 0.1) is 9.96 Å². The number of carbonyl (C=O) groups excluding carboxylic acids is 2. The van der Waals surface area contributed by atoms with E-state index in [9.17, 15) is 9.59 Å². The molecule has 146 valence electrons. The maximum atomic E-state index is 12.7. The van der Waals surface area contributed by atoms with Gasteiger partial charge in [0, 0.05) is 23.8 Å². The van der Waals surface area contributed by atoms with E-state index in [0.29, 0.717) is 29.5 Å². The number of likely N-dealkylation sites (tertiary alicyclic amines) is 1. The van der Waals surface area contributed by atoms with Gasteiger partial charge in [-0.3, -0.25) is 9.59 Å². The van der Waals surface area contributed by atoms with E-state index in [1.165, 1.54) is 11.8 Å². The van der Waals surface area contributed by atoms with Gasteiger partial charge in [0.25, 0.3) is 5.91 Å². The lowest BCUT2D eigenvalue weighted by Gasteiger charge is -2.21. The molecule has 1 aliphatic rings. The fourth-order valence-corrected chi connectivity index (χ4v) is 4.72. The zero-order valence-corrected chi connectivity index (χ0v) is 17.5. The number of hydrogen-bond acceptors (Lipinski definition) is 5. The fourth-order valence-electron chi connectivity index (χ4n) is 3.14. The smallest absolute Gasteiger partial charge is 0.254 e. The van der Waals surface area contributed by atoms with Crippen LogP contribution in [0.2, 0.25) is 0 Å². The van der Waals surface area contributed by atoms with Crippen molar-refractivity contribution < 1.29 is 9.59 Å². The number of amides is 2. The Morgan fingerprint density at radius 3 is 2.63 bits per heavy atom. The summed E-state index contributed by atoms with van der Waals surface area (Å²) in [5.41, 5.74) is 7.08. The molecule has 2 amide bonds. The first-order valence-corrected chi connectivity index (χ1v) is 10.5. The van der Waals surface area contributed by atoms with E-state index in [2.05, 4.69) is 12.2 Å². The molecule has 0 aliphatic carbocycles. The number of nitrogens with zero attached hydrogens (tertiary/aromatic N) is 1. The van der Waals surface area contributed by atoms with Gasteiger partial charge in [-0.15, -0.1) is 35.5 Å². The lowest BCUT2D eigenvalue weighted by molar-refractivity contribution is -0.113. The average molecular weight is 426 g/mol. The molecule has 1 aromatic heterocycles. The quantitative estimate of drug-likeness (QED) is 0.692. The molecule has 1 fully saturated rings. The van der Waals surface area contributed by atoms with E-state index in [4.69, 9.17) is 5.73 Å².